The molecule has 0 bridgehead atoms. The molecular weight excluding hydrogens is 258 g/mol. The molecule has 0 aromatic carbocycles. The number of aromatic nitrogens is 2. The number of carbonyl (C=O) groups excluding carboxylic acids is 1. The number of hydrogen-bond donors (Lipinski definition) is 3. The van der Waals surface area contributed by atoms with E-state index in [1.165, 1.54) is 0 Å². The molecular formula is C13H15N5O2. The molecule has 2 heterocycles. The fourth-order valence-electron chi connectivity index (χ4n) is 1.55. The first-order chi connectivity index (χ1) is 9.72. The number of nitrogens with one attached hydrogen (secondary N) is 2. The lowest BCUT2D eigenvalue weighted by Gasteiger charge is -2.06. The zero-order chi connectivity index (χ0) is 14.4. The number of anilines is 1. The highest BCUT2D eigenvalue weighted by Gasteiger charge is 2.07. The Morgan fingerprint density at radius 2 is 2.20 bits per heavy atom. The van der Waals surface area contributed by atoms with Crippen molar-refractivity contribution in [2.75, 3.05) is 12.5 Å². The Balaban J connectivity index is 1.97. The number of amides is 1. The van der Waals surface area contributed by atoms with E-state index >= 15 is 0 Å². The summed E-state index contributed by atoms with van der Waals surface area (Å²) in [5.74, 6) is 5.93. The van der Waals surface area contributed by atoms with Gasteiger partial charge in [-0.2, -0.15) is 0 Å². The molecule has 0 atom stereocenters. The van der Waals surface area contributed by atoms with Crippen LogP contribution < -0.4 is 21.3 Å². The Kier molecular flexibility index (Phi) is 4.46. The number of carbonyl (C=O) groups is 1. The number of hydrogen-bond acceptors (Lipinski definition) is 6. The van der Waals surface area contributed by atoms with Gasteiger partial charge in [0, 0.05) is 18.8 Å². The first kappa shape index (κ1) is 13.8. The predicted molar refractivity (Wildman–Crippen MR) is 74.0 cm³/mol. The van der Waals surface area contributed by atoms with Gasteiger partial charge in [0.05, 0.1) is 7.11 Å². The second-order valence-corrected chi connectivity index (χ2v) is 3.94. The number of rotatable bonds is 5. The third-order valence-electron chi connectivity index (χ3n) is 2.59. The summed E-state index contributed by atoms with van der Waals surface area (Å²) in [6.45, 7) is 0.359. The van der Waals surface area contributed by atoms with Gasteiger partial charge in [-0.15, -0.1) is 0 Å². The van der Waals surface area contributed by atoms with Crippen LogP contribution in [-0.4, -0.2) is 23.0 Å². The van der Waals surface area contributed by atoms with Crippen LogP contribution in [0.3, 0.4) is 0 Å². The number of pyridine rings is 2. The maximum atomic E-state index is 11.9. The van der Waals surface area contributed by atoms with Crippen molar-refractivity contribution in [2.24, 2.45) is 5.84 Å². The van der Waals surface area contributed by atoms with Crippen LogP contribution in [0.5, 0.6) is 5.88 Å². The van der Waals surface area contributed by atoms with Gasteiger partial charge in [-0.1, -0.05) is 12.1 Å². The Hall–Kier alpha value is -2.67. The van der Waals surface area contributed by atoms with Gasteiger partial charge >= 0.3 is 0 Å². The SMILES string of the molecule is COc1ccc(CNC(=O)c2cccc(NN)n2)cn1. The smallest absolute Gasteiger partial charge is 0.270 e. The molecule has 7 nitrogen and oxygen atoms in total. The summed E-state index contributed by atoms with van der Waals surface area (Å²) >= 11 is 0. The van der Waals surface area contributed by atoms with Crippen molar-refractivity contribution in [3.63, 3.8) is 0 Å². The van der Waals surface area contributed by atoms with Crippen molar-refractivity contribution in [2.45, 2.75) is 6.54 Å². The van der Waals surface area contributed by atoms with Crippen LogP contribution in [0, 0.1) is 0 Å². The zero-order valence-electron chi connectivity index (χ0n) is 11.0. The average Bonchev–Trinajstić information content (AvgIpc) is 2.53. The summed E-state index contributed by atoms with van der Waals surface area (Å²) in [4.78, 5) is 20.0. The quantitative estimate of drug-likeness (QED) is 0.547. The lowest BCUT2D eigenvalue weighted by Crippen LogP contribution is -2.24. The molecule has 7 heteroatoms. The summed E-state index contributed by atoms with van der Waals surface area (Å²) < 4.78 is 4.96. The fraction of sp³-hybridized carbons (Fsp3) is 0.154. The van der Waals surface area contributed by atoms with Crippen LogP contribution in [-0.2, 0) is 6.54 Å². The van der Waals surface area contributed by atoms with E-state index in [-0.39, 0.29) is 5.91 Å². The molecule has 2 aromatic heterocycles. The van der Waals surface area contributed by atoms with E-state index in [1.807, 2.05) is 6.07 Å². The maximum absolute atomic E-state index is 11.9. The van der Waals surface area contributed by atoms with Crippen molar-refractivity contribution in [1.29, 1.82) is 0 Å². The summed E-state index contributed by atoms with van der Waals surface area (Å²) in [6.07, 6.45) is 1.64. The molecule has 0 saturated heterocycles. The first-order valence-electron chi connectivity index (χ1n) is 5.93. The molecule has 20 heavy (non-hydrogen) atoms. The molecule has 0 spiro atoms. The van der Waals surface area contributed by atoms with Crippen LogP contribution in [0.15, 0.2) is 36.5 Å². The van der Waals surface area contributed by atoms with Crippen molar-refractivity contribution < 1.29 is 9.53 Å². The predicted octanol–water partition coefficient (Wildman–Crippen LogP) is 0.701. The van der Waals surface area contributed by atoms with Crippen LogP contribution in [0.4, 0.5) is 5.82 Å². The third kappa shape index (κ3) is 3.42. The minimum Gasteiger partial charge on any atom is -0.481 e. The summed E-state index contributed by atoms with van der Waals surface area (Å²) in [7, 11) is 1.55. The molecule has 4 N–H and O–H groups in total. The lowest BCUT2D eigenvalue weighted by atomic mass is 10.2. The van der Waals surface area contributed by atoms with Gasteiger partial charge < -0.3 is 15.5 Å². The molecule has 0 saturated carbocycles. The molecule has 2 aromatic rings. The molecule has 0 unspecified atom stereocenters. The van der Waals surface area contributed by atoms with Gasteiger partial charge in [-0.25, -0.2) is 15.8 Å². The molecule has 104 valence electrons. The minimum absolute atomic E-state index is 0.280. The van der Waals surface area contributed by atoms with Crippen LogP contribution in [0.2, 0.25) is 0 Å². The second-order valence-electron chi connectivity index (χ2n) is 3.94. The fourth-order valence-corrected chi connectivity index (χ4v) is 1.55. The minimum atomic E-state index is -0.280. The van der Waals surface area contributed by atoms with Gasteiger partial charge in [0.25, 0.3) is 5.91 Å². The van der Waals surface area contributed by atoms with E-state index in [9.17, 15) is 4.79 Å². The number of ether oxygens (including phenoxy) is 1. The van der Waals surface area contributed by atoms with E-state index in [0.717, 1.165) is 5.56 Å². The molecule has 0 aliphatic rings. The highest BCUT2D eigenvalue weighted by molar-refractivity contribution is 5.92. The van der Waals surface area contributed by atoms with E-state index in [4.69, 9.17) is 10.6 Å². The number of nitrogens with two attached hydrogens (primary N) is 1. The van der Waals surface area contributed by atoms with Crippen molar-refractivity contribution >= 4 is 11.7 Å². The van der Waals surface area contributed by atoms with Crippen molar-refractivity contribution in [1.82, 2.24) is 15.3 Å². The Morgan fingerprint density at radius 1 is 1.35 bits per heavy atom. The zero-order valence-corrected chi connectivity index (χ0v) is 11.0. The Labute approximate surface area is 116 Å². The van der Waals surface area contributed by atoms with E-state index in [1.54, 1.807) is 37.6 Å². The lowest BCUT2D eigenvalue weighted by molar-refractivity contribution is 0.0946. The first-order valence-corrected chi connectivity index (χ1v) is 5.93. The third-order valence-corrected chi connectivity index (χ3v) is 2.59. The molecule has 0 radical (unpaired) electrons. The van der Waals surface area contributed by atoms with Gasteiger partial charge in [0.1, 0.15) is 11.5 Å². The number of hydrazine groups is 1. The highest BCUT2D eigenvalue weighted by atomic mass is 16.5. The molecule has 0 fully saturated rings. The average molecular weight is 273 g/mol. The second kappa shape index (κ2) is 6.48. The molecule has 0 aliphatic carbocycles. The summed E-state index contributed by atoms with van der Waals surface area (Å²) in [6, 6.07) is 8.55. The van der Waals surface area contributed by atoms with Crippen LogP contribution >= 0.6 is 0 Å². The largest absolute Gasteiger partial charge is 0.481 e. The van der Waals surface area contributed by atoms with E-state index in [2.05, 4.69) is 20.7 Å². The van der Waals surface area contributed by atoms with Crippen LogP contribution in [0.1, 0.15) is 16.1 Å². The number of nitrogens with zero attached hydrogens (tertiary/aromatic N) is 2. The highest BCUT2D eigenvalue weighted by Crippen LogP contribution is 2.07. The Bertz CT molecular complexity index is 586. The van der Waals surface area contributed by atoms with Crippen molar-refractivity contribution in [3.8, 4) is 5.88 Å². The summed E-state index contributed by atoms with van der Waals surface area (Å²) in [5.41, 5.74) is 3.55. The Morgan fingerprint density at radius 3 is 2.85 bits per heavy atom. The van der Waals surface area contributed by atoms with Gasteiger partial charge in [-0.05, 0) is 17.7 Å². The standard InChI is InChI=1S/C13H15N5O2/c1-20-12-6-5-9(7-15-12)8-16-13(19)10-3-2-4-11(17-10)18-14/h2-7H,8,14H2,1H3,(H,16,19)(H,17,18). The normalized spacial score (nSPS) is 9.90. The van der Waals surface area contributed by atoms with Gasteiger partial charge in [0.2, 0.25) is 5.88 Å². The van der Waals surface area contributed by atoms with Gasteiger partial charge in [0.15, 0.2) is 0 Å². The monoisotopic (exact) mass is 273 g/mol. The molecule has 1 amide bonds. The van der Waals surface area contributed by atoms with Crippen LogP contribution in [0.25, 0.3) is 0 Å². The van der Waals surface area contributed by atoms with Gasteiger partial charge in [-0.3, -0.25) is 4.79 Å². The molecule has 2 rings (SSSR count). The topological polar surface area (TPSA) is 102 Å². The van der Waals surface area contributed by atoms with E-state index in [0.29, 0.717) is 23.9 Å². The van der Waals surface area contributed by atoms with E-state index < -0.39 is 0 Å². The maximum Gasteiger partial charge on any atom is 0.270 e. The van der Waals surface area contributed by atoms with Crippen molar-refractivity contribution in [3.05, 3.63) is 47.8 Å². The number of methoxy groups -OCH3 is 1. The summed E-state index contributed by atoms with van der Waals surface area (Å²) in [5, 5.41) is 2.75. The number of nitrogen functional groups attached to an aromatic ring is 1. The molecule has 0 aliphatic heterocycles.